The van der Waals surface area contributed by atoms with Crippen LogP contribution in [0.3, 0.4) is 0 Å². The summed E-state index contributed by atoms with van der Waals surface area (Å²) in [6.07, 6.45) is 4.76. The minimum Gasteiger partial charge on any atom is -0.480 e. The van der Waals surface area contributed by atoms with E-state index in [4.69, 9.17) is 5.11 Å². The monoisotopic (exact) mass is 212 g/mol. The van der Waals surface area contributed by atoms with E-state index < -0.39 is 5.97 Å². The largest absolute Gasteiger partial charge is 0.480 e. The van der Waals surface area contributed by atoms with Crippen molar-refractivity contribution in [3.8, 4) is 0 Å². The lowest BCUT2D eigenvalue weighted by Crippen LogP contribution is -2.46. The van der Waals surface area contributed by atoms with Gasteiger partial charge in [0.05, 0.1) is 0 Å². The van der Waals surface area contributed by atoms with Gasteiger partial charge in [0.1, 0.15) is 6.04 Å². The van der Waals surface area contributed by atoms with Gasteiger partial charge in [-0.3, -0.25) is 9.69 Å². The topological polar surface area (TPSA) is 52.6 Å². The number of nitrogens with one attached hydrogen (secondary N) is 1. The number of rotatable bonds is 5. The van der Waals surface area contributed by atoms with Crippen molar-refractivity contribution in [2.45, 2.75) is 50.7 Å². The van der Waals surface area contributed by atoms with Crippen molar-refractivity contribution in [1.29, 1.82) is 0 Å². The van der Waals surface area contributed by atoms with Crippen LogP contribution in [0.2, 0.25) is 0 Å². The zero-order valence-electron chi connectivity index (χ0n) is 9.28. The van der Waals surface area contributed by atoms with Crippen molar-refractivity contribution in [1.82, 2.24) is 10.2 Å². The standard InChI is InChI=1S/C11H20N2O2/c1-8(11(14)15)13(10-4-5-10)7-9-3-2-6-12-9/h8-10,12H,2-7H2,1H3,(H,14,15). The van der Waals surface area contributed by atoms with Gasteiger partial charge in [0.2, 0.25) is 0 Å². The van der Waals surface area contributed by atoms with E-state index in [9.17, 15) is 4.79 Å². The van der Waals surface area contributed by atoms with Crippen LogP contribution in [0.15, 0.2) is 0 Å². The maximum Gasteiger partial charge on any atom is 0.320 e. The maximum atomic E-state index is 11.0. The molecular weight excluding hydrogens is 192 g/mol. The van der Waals surface area contributed by atoms with Crippen molar-refractivity contribution in [3.63, 3.8) is 0 Å². The molecule has 0 aromatic rings. The molecule has 0 spiro atoms. The molecule has 0 amide bonds. The average molecular weight is 212 g/mol. The lowest BCUT2D eigenvalue weighted by molar-refractivity contribution is -0.143. The summed E-state index contributed by atoms with van der Waals surface area (Å²) in [5.74, 6) is -0.695. The molecule has 2 unspecified atom stereocenters. The van der Waals surface area contributed by atoms with Crippen molar-refractivity contribution < 1.29 is 9.90 Å². The Labute approximate surface area is 90.6 Å². The molecule has 2 aliphatic rings. The molecule has 0 bridgehead atoms. The summed E-state index contributed by atoms with van der Waals surface area (Å²) in [5.41, 5.74) is 0. The average Bonchev–Trinajstić information content (AvgIpc) is 2.92. The summed E-state index contributed by atoms with van der Waals surface area (Å²) in [7, 11) is 0. The summed E-state index contributed by atoms with van der Waals surface area (Å²) in [5, 5.41) is 12.5. The third-order valence-corrected chi connectivity index (χ3v) is 3.46. The highest BCUT2D eigenvalue weighted by Gasteiger charge is 2.36. The molecule has 1 aliphatic carbocycles. The van der Waals surface area contributed by atoms with E-state index in [1.165, 1.54) is 25.7 Å². The summed E-state index contributed by atoms with van der Waals surface area (Å²) in [6.45, 7) is 3.79. The summed E-state index contributed by atoms with van der Waals surface area (Å²) >= 11 is 0. The van der Waals surface area contributed by atoms with E-state index >= 15 is 0 Å². The second-order valence-electron chi connectivity index (χ2n) is 4.74. The molecule has 86 valence electrons. The SMILES string of the molecule is CC(C(=O)O)N(CC1CCCN1)C1CC1. The summed E-state index contributed by atoms with van der Waals surface area (Å²) in [6, 6.07) is 0.700. The number of nitrogens with zero attached hydrogens (tertiary/aromatic N) is 1. The van der Waals surface area contributed by atoms with Crippen molar-refractivity contribution >= 4 is 5.97 Å². The maximum absolute atomic E-state index is 11.0. The third kappa shape index (κ3) is 2.69. The minimum atomic E-state index is -0.695. The Kier molecular flexibility index (Phi) is 3.26. The molecule has 1 saturated carbocycles. The summed E-state index contributed by atoms with van der Waals surface area (Å²) in [4.78, 5) is 13.1. The van der Waals surface area contributed by atoms with E-state index in [-0.39, 0.29) is 6.04 Å². The molecule has 4 nitrogen and oxygen atoms in total. The molecule has 1 saturated heterocycles. The highest BCUT2D eigenvalue weighted by atomic mass is 16.4. The smallest absolute Gasteiger partial charge is 0.320 e. The fraction of sp³-hybridized carbons (Fsp3) is 0.909. The van der Waals surface area contributed by atoms with Gasteiger partial charge in [0.25, 0.3) is 0 Å². The van der Waals surface area contributed by atoms with E-state index in [1.807, 2.05) is 0 Å². The predicted octanol–water partition coefficient (Wildman–Crippen LogP) is 0.676. The number of carboxylic acid groups (broad SMARTS) is 1. The molecule has 2 N–H and O–H groups in total. The van der Waals surface area contributed by atoms with Gasteiger partial charge in [-0.15, -0.1) is 0 Å². The van der Waals surface area contributed by atoms with Crippen LogP contribution in [-0.4, -0.2) is 47.2 Å². The van der Waals surface area contributed by atoms with Crippen LogP contribution in [0.5, 0.6) is 0 Å². The van der Waals surface area contributed by atoms with Gasteiger partial charge in [-0.2, -0.15) is 0 Å². The third-order valence-electron chi connectivity index (χ3n) is 3.46. The molecule has 4 heteroatoms. The molecule has 15 heavy (non-hydrogen) atoms. The zero-order valence-corrected chi connectivity index (χ0v) is 9.28. The van der Waals surface area contributed by atoms with Gasteiger partial charge in [0.15, 0.2) is 0 Å². The first-order valence-corrected chi connectivity index (χ1v) is 5.90. The molecular formula is C11H20N2O2. The van der Waals surface area contributed by atoms with Crippen molar-refractivity contribution in [2.24, 2.45) is 0 Å². The fourth-order valence-electron chi connectivity index (χ4n) is 2.34. The molecule has 2 rings (SSSR count). The number of carboxylic acids is 1. The van der Waals surface area contributed by atoms with Crippen LogP contribution in [-0.2, 0) is 4.79 Å². The van der Waals surface area contributed by atoms with Gasteiger partial charge in [-0.1, -0.05) is 0 Å². The van der Waals surface area contributed by atoms with E-state index in [0.717, 1.165) is 13.1 Å². The van der Waals surface area contributed by atoms with Crippen molar-refractivity contribution in [3.05, 3.63) is 0 Å². The van der Waals surface area contributed by atoms with E-state index in [1.54, 1.807) is 6.92 Å². The number of hydrogen-bond acceptors (Lipinski definition) is 3. The van der Waals surface area contributed by atoms with Crippen molar-refractivity contribution in [2.75, 3.05) is 13.1 Å². The number of aliphatic carboxylic acids is 1. The summed E-state index contributed by atoms with van der Waals surface area (Å²) < 4.78 is 0. The molecule has 1 aliphatic heterocycles. The minimum absolute atomic E-state index is 0.333. The molecule has 0 aromatic carbocycles. The Balaban J connectivity index is 1.90. The Morgan fingerprint density at radius 2 is 2.27 bits per heavy atom. The second-order valence-corrected chi connectivity index (χ2v) is 4.74. The zero-order chi connectivity index (χ0) is 10.8. The highest BCUT2D eigenvalue weighted by molar-refractivity contribution is 5.73. The Morgan fingerprint density at radius 1 is 1.53 bits per heavy atom. The Hall–Kier alpha value is -0.610. The normalized spacial score (nSPS) is 28.3. The molecule has 2 atom stereocenters. The first-order chi connectivity index (χ1) is 7.18. The van der Waals surface area contributed by atoms with Crippen LogP contribution in [0.25, 0.3) is 0 Å². The molecule has 0 radical (unpaired) electrons. The van der Waals surface area contributed by atoms with E-state index in [2.05, 4.69) is 10.2 Å². The van der Waals surface area contributed by atoms with Gasteiger partial charge >= 0.3 is 5.97 Å². The van der Waals surface area contributed by atoms with Crippen LogP contribution < -0.4 is 5.32 Å². The van der Waals surface area contributed by atoms with Crippen LogP contribution in [0.1, 0.15) is 32.6 Å². The molecule has 0 aromatic heterocycles. The molecule has 2 fully saturated rings. The van der Waals surface area contributed by atoms with Crippen LogP contribution in [0.4, 0.5) is 0 Å². The van der Waals surface area contributed by atoms with Gasteiger partial charge in [0, 0.05) is 18.6 Å². The van der Waals surface area contributed by atoms with E-state index in [0.29, 0.717) is 12.1 Å². The number of hydrogen-bond donors (Lipinski definition) is 2. The second kappa shape index (κ2) is 4.49. The lowest BCUT2D eigenvalue weighted by Gasteiger charge is -2.28. The first-order valence-electron chi connectivity index (χ1n) is 5.90. The lowest BCUT2D eigenvalue weighted by atomic mass is 10.2. The molecule has 1 heterocycles. The quantitative estimate of drug-likeness (QED) is 0.703. The van der Waals surface area contributed by atoms with Crippen LogP contribution in [0, 0.1) is 0 Å². The fourth-order valence-corrected chi connectivity index (χ4v) is 2.34. The van der Waals surface area contributed by atoms with Gasteiger partial charge < -0.3 is 10.4 Å². The number of carbonyl (C=O) groups is 1. The van der Waals surface area contributed by atoms with Crippen LogP contribution >= 0.6 is 0 Å². The van der Waals surface area contributed by atoms with Gasteiger partial charge in [-0.05, 0) is 39.2 Å². The first kappa shape index (κ1) is 10.9. The van der Waals surface area contributed by atoms with Gasteiger partial charge in [-0.25, -0.2) is 0 Å². The predicted molar refractivity (Wildman–Crippen MR) is 57.9 cm³/mol. The Bertz CT molecular complexity index is 235. The highest BCUT2D eigenvalue weighted by Crippen LogP contribution is 2.29. The Morgan fingerprint density at radius 3 is 2.73 bits per heavy atom.